The Morgan fingerprint density at radius 2 is 1.83 bits per heavy atom. The molecule has 29 heavy (non-hydrogen) atoms. The zero-order valence-electron chi connectivity index (χ0n) is 16.0. The summed E-state index contributed by atoms with van der Waals surface area (Å²) in [5.41, 5.74) is 1.73. The molecule has 0 aliphatic carbocycles. The van der Waals surface area contributed by atoms with Crippen LogP contribution < -0.4 is 5.32 Å². The molecule has 0 unspecified atom stereocenters. The number of carbonyl (C=O) groups is 1. The summed E-state index contributed by atoms with van der Waals surface area (Å²) in [6.07, 6.45) is 2.10. The maximum Gasteiger partial charge on any atom is 0.224 e. The van der Waals surface area contributed by atoms with E-state index in [1.165, 1.54) is 4.31 Å². The van der Waals surface area contributed by atoms with Crippen molar-refractivity contribution in [3.63, 3.8) is 0 Å². The normalized spacial score (nSPS) is 17.8. The van der Waals surface area contributed by atoms with Crippen LogP contribution in [0.15, 0.2) is 48.5 Å². The van der Waals surface area contributed by atoms with Gasteiger partial charge in [0.2, 0.25) is 15.9 Å². The minimum absolute atomic E-state index is 0.0876. The molecule has 0 radical (unpaired) electrons. The summed E-state index contributed by atoms with van der Waals surface area (Å²) in [6.45, 7) is 1.17. The second kappa shape index (κ2) is 9.94. The lowest BCUT2D eigenvalue weighted by Gasteiger charge is -2.31. The number of nitrogens with zero attached hydrogens (tertiary/aromatic N) is 1. The van der Waals surface area contributed by atoms with Crippen molar-refractivity contribution in [2.24, 2.45) is 5.92 Å². The van der Waals surface area contributed by atoms with E-state index in [4.69, 9.17) is 23.2 Å². The van der Waals surface area contributed by atoms with E-state index < -0.39 is 10.0 Å². The quantitative estimate of drug-likeness (QED) is 0.689. The third-order valence-electron chi connectivity index (χ3n) is 5.04. The molecule has 2 aromatic rings. The SMILES string of the molecule is O=C(NCCc1ccccc1)[C@H]1CCCN(S(=O)(=O)Cc2ccc(Cl)c(Cl)c2)C1. The molecule has 1 fully saturated rings. The molecule has 1 heterocycles. The van der Waals surface area contributed by atoms with E-state index in [1.54, 1.807) is 18.2 Å². The number of hydrogen-bond acceptors (Lipinski definition) is 3. The van der Waals surface area contributed by atoms with Crippen LogP contribution in [0.2, 0.25) is 10.0 Å². The Hall–Kier alpha value is -1.60. The van der Waals surface area contributed by atoms with Crippen LogP contribution in [0.5, 0.6) is 0 Å². The lowest BCUT2D eigenvalue weighted by Crippen LogP contribution is -2.46. The van der Waals surface area contributed by atoms with Gasteiger partial charge in [0.05, 0.1) is 21.7 Å². The zero-order valence-corrected chi connectivity index (χ0v) is 18.3. The highest BCUT2D eigenvalue weighted by Gasteiger charge is 2.32. The molecular formula is C21H24Cl2N2O3S. The highest BCUT2D eigenvalue weighted by Crippen LogP contribution is 2.26. The molecule has 1 aliphatic rings. The van der Waals surface area contributed by atoms with Gasteiger partial charge in [0.1, 0.15) is 0 Å². The van der Waals surface area contributed by atoms with Crippen LogP contribution in [0.4, 0.5) is 0 Å². The lowest BCUT2D eigenvalue weighted by molar-refractivity contribution is -0.126. The van der Waals surface area contributed by atoms with Gasteiger partial charge in [0, 0.05) is 19.6 Å². The molecule has 0 spiro atoms. The third kappa shape index (κ3) is 6.19. The molecule has 8 heteroatoms. The number of amides is 1. The monoisotopic (exact) mass is 454 g/mol. The van der Waals surface area contributed by atoms with Crippen LogP contribution in [0, 0.1) is 5.92 Å². The molecule has 1 amide bonds. The second-order valence-electron chi connectivity index (χ2n) is 7.23. The third-order valence-corrected chi connectivity index (χ3v) is 7.59. The molecule has 156 valence electrons. The number of piperidine rings is 1. The molecule has 3 rings (SSSR count). The first-order chi connectivity index (χ1) is 13.8. The summed E-state index contributed by atoms with van der Waals surface area (Å²) in [5.74, 6) is -0.579. The van der Waals surface area contributed by atoms with Crippen molar-refractivity contribution in [1.82, 2.24) is 9.62 Å². The average Bonchev–Trinajstić information content (AvgIpc) is 2.71. The van der Waals surface area contributed by atoms with E-state index >= 15 is 0 Å². The van der Waals surface area contributed by atoms with Crippen molar-refractivity contribution < 1.29 is 13.2 Å². The Bertz CT molecular complexity index is 952. The van der Waals surface area contributed by atoms with E-state index in [1.807, 2.05) is 30.3 Å². The first kappa shape index (κ1) is 22.1. The first-order valence-electron chi connectivity index (χ1n) is 9.58. The minimum Gasteiger partial charge on any atom is -0.355 e. The van der Waals surface area contributed by atoms with E-state index in [-0.39, 0.29) is 24.1 Å². The molecule has 0 bridgehead atoms. The fraction of sp³-hybridized carbons (Fsp3) is 0.381. The Balaban J connectivity index is 1.55. The van der Waals surface area contributed by atoms with Gasteiger partial charge in [0.25, 0.3) is 0 Å². The minimum atomic E-state index is -3.54. The fourth-order valence-electron chi connectivity index (χ4n) is 3.46. The number of carbonyl (C=O) groups excluding carboxylic acids is 1. The molecule has 0 aromatic heterocycles. The molecular weight excluding hydrogens is 431 g/mol. The van der Waals surface area contributed by atoms with Crippen molar-refractivity contribution in [2.45, 2.75) is 25.0 Å². The van der Waals surface area contributed by atoms with E-state index in [2.05, 4.69) is 5.32 Å². The van der Waals surface area contributed by atoms with Gasteiger partial charge in [-0.25, -0.2) is 12.7 Å². The van der Waals surface area contributed by atoms with Gasteiger partial charge >= 0.3 is 0 Å². The number of benzene rings is 2. The number of hydrogen-bond donors (Lipinski definition) is 1. The van der Waals surface area contributed by atoms with Gasteiger partial charge in [-0.2, -0.15) is 0 Å². The van der Waals surface area contributed by atoms with Crippen LogP contribution in [-0.2, 0) is 27.0 Å². The molecule has 1 aliphatic heterocycles. The van der Waals surface area contributed by atoms with Gasteiger partial charge < -0.3 is 5.32 Å². The van der Waals surface area contributed by atoms with Gasteiger partial charge in [-0.05, 0) is 42.5 Å². The van der Waals surface area contributed by atoms with Gasteiger partial charge in [-0.3, -0.25) is 4.79 Å². The Morgan fingerprint density at radius 1 is 1.07 bits per heavy atom. The van der Waals surface area contributed by atoms with Crippen LogP contribution in [0.25, 0.3) is 0 Å². The zero-order chi connectivity index (χ0) is 20.9. The van der Waals surface area contributed by atoms with Crippen LogP contribution in [0.1, 0.15) is 24.0 Å². The maximum absolute atomic E-state index is 12.8. The Kier molecular flexibility index (Phi) is 7.57. The predicted octanol–water partition coefficient (Wildman–Crippen LogP) is 3.89. The van der Waals surface area contributed by atoms with Crippen molar-refractivity contribution >= 4 is 39.1 Å². The maximum atomic E-state index is 12.8. The van der Waals surface area contributed by atoms with Crippen LogP contribution in [-0.4, -0.2) is 38.3 Å². The summed E-state index contributed by atoms with van der Waals surface area (Å²) in [4.78, 5) is 12.5. The summed E-state index contributed by atoms with van der Waals surface area (Å²) < 4.78 is 27.1. The summed E-state index contributed by atoms with van der Waals surface area (Å²) in [6, 6.07) is 14.7. The fourth-order valence-corrected chi connectivity index (χ4v) is 5.38. The molecule has 1 atom stereocenters. The van der Waals surface area contributed by atoms with Gasteiger partial charge in [-0.15, -0.1) is 0 Å². The van der Waals surface area contributed by atoms with E-state index in [9.17, 15) is 13.2 Å². The van der Waals surface area contributed by atoms with Crippen molar-refractivity contribution in [3.05, 3.63) is 69.7 Å². The second-order valence-corrected chi connectivity index (χ2v) is 10.0. The summed E-state index contributed by atoms with van der Waals surface area (Å²) >= 11 is 11.9. The Labute approximate surface area is 182 Å². The molecule has 2 aromatic carbocycles. The topological polar surface area (TPSA) is 66.5 Å². The Morgan fingerprint density at radius 3 is 2.55 bits per heavy atom. The van der Waals surface area contributed by atoms with Crippen molar-refractivity contribution in [1.29, 1.82) is 0 Å². The predicted molar refractivity (Wildman–Crippen MR) is 117 cm³/mol. The molecule has 1 saturated heterocycles. The summed E-state index contributed by atoms with van der Waals surface area (Å²) in [5, 5.41) is 3.66. The molecule has 5 nitrogen and oxygen atoms in total. The number of nitrogens with one attached hydrogen (secondary N) is 1. The van der Waals surface area contributed by atoms with Crippen molar-refractivity contribution in [2.75, 3.05) is 19.6 Å². The van der Waals surface area contributed by atoms with Crippen LogP contribution in [0.3, 0.4) is 0 Å². The average molecular weight is 455 g/mol. The van der Waals surface area contributed by atoms with Crippen molar-refractivity contribution in [3.8, 4) is 0 Å². The number of sulfonamides is 1. The first-order valence-corrected chi connectivity index (χ1v) is 11.9. The lowest BCUT2D eigenvalue weighted by atomic mass is 9.99. The van der Waals surface area contributed by atoms with E-state index in [0.717, 1.165) is 12.0 Å². The van der Waals surface area contributed by atoms with Gasteiger partial charge in [-0.1, -0.05) is 59.6 Å². The number of rotatable bonds is 7. The molecule has 0 saturated carbocycles. The standard InChI is InChI=1S/C21H24Cl2N2O3S/c22-19-9-8-17(13-20(19)23)15-29(27,28)25-12-4-7-18(14-25)21(26)24-11-10-16-5-2-1-3-6-16/h1-3,5-6,8-9,13,18H,4,7,10-12,14-15H2,(H,24,26)/t18-/m0/s1. The van der Waals surface area contributed by atoms with E-state index in [0.29, 0.717) is 41.5 Å². The largest absolute Gasteiger partial charge is 0.355 e. The van der Waals surface area contributed by atoms with Gasteiger partial charge in [0.15, 0.2) is 0 Å². The molecule has 1 N–H and O–H groups in total. The summed E-state index contributed by atoms with van der Waals surface area (Å²) in [7, 11) is -3.54. The van der Waals surface area contributed by atoms with Crippen LogP contribution >= 0.6 is 23.2 Å². The highest BCUT2D eigenvalue weighted by molar-refractivity contribution is 7.88. The highest BCUT2D eigenvalue weighted by atomic mass is 35.5. The number of halogens is 2. The smallest absolute Gasteiger partial charge is 0.224 e.